The van der Waals surface area contributed by atoms with E-state index in [0.29, 0.717) is 5.69 Å². The fourth-order valence-electron chi connectivity index (χ4n) is 1.69. The molecule has 0 aliphatic heterocycles. The molecule has 0 radical (unpaired) electrons. The second-order valence-corrected chi connectivity index (χ2v) is 4.43. The number of carbonyl (C=O) groups excluding carboxylic acids is 1. The molecule has 0 unspecified atom stereocenters. The van der Waals surface area contributed by atoms with Gasteiger partial charge in [-0.15, -0.1) is 0 Å². The summed E-state index contributed by atoms with van der Waals surface area (Å²) < 4.78 is 0. The van der Waals surface area contributed by atoms with E-state index in [4.69, 9.17) is 11.6 Å². The number of carbonyl (C=O) groups is 1. The molecule has 0 spiro atoms. The standard InChI is InChI=1S/C13H10ClN3O3/c1-16(10-3-2-6-15-8-10)13(18)11-7-9(14)4-5-12(11)17(19)20/h2-8H,1H3. The van der Waals surface area contributed by atoms with Crippen molar-refractivity contribution in [2.75, 3.05) is 11.9 Å². The molecule has 6 nitrogen and oxygen atoms in total. The summed E-state index contributed by atoms with van der Waals surface area (Å²) in [6.45, 7) is 0. The highest BCUT2D eigenvalue weighted by Crippen LogP contribution is 2.25. The van der Waals surface area contributed by atoms with Gasteiger partial charge in [-0.2, -0.15) is 0 Å². The molecule has 2 aromatic rings. The zero-order chi connectivity index (χ0) is 14.7. The number of halogens is 1. The molecule has 0 aliphatic carbocycles. The van der Waals surface area contributed by atoms with E-state index in [1.165, 1.54) is 36.3 Å². The predicted octanol–water partition coefficient (Wildman–Crippen LogP) is 2.92. The van der Waals surface area contributed by atoms with E-state index in [1.807, 2.05) is 0 Å². The van der Waals surface area contributed by atoms with Crippen molar-refractivity contribution in [3.63, 3.8) is 0 Å². The monoisotopic (exact) mass is 291 g/mol. The zero-order valence-corrected chi connectivity index (χ0v) is 11.2. The summed E-state index contributed by atoms with van der Waals surface area (Å²) in [5.74, 6) is -0.521. The normalized spacial score (nSPS) is 10.1. The molecular formula is C13H10ClN3O3. The van der Waals surface area contributed by atoms with E-state index in [9.17, 15) is 14.9 Å². The Hall–Kier alpha value is -2.47. The number of amides is 1. The number of aromatic nitrogens is 1. The second kappa shape index (κ2) is 5.66. The maximum atomic E-state index is 12.4. The lowest BCUT2D eigenvalue weighted by Gasteiger charge is -2.16. The van der Waals surface area contributed by atoms with Gasteiger partial charge < -0.3 is 4.90 Å². The van der Waals surface area contributed by atoms with Gasteiger partial charge in [-0.3, -0.25) is 19.9 Å². The summed E-state index contributed by atoms with van der Waals surface area (Å²) >= 11 is 5.81. The van der Waals surface area contributed by atoms with Crippen LogP contribution in [0.15, 0.2) is 42.7 Å². The smallest absolute Gasteiger partial charge is 0.282 e. The second-order valence-electron chi connectivity index (χ2n) is 3.99. The van der Waals surface area contributed by atoms with Crippen molar-refractivity contribution in [3.05, 3.63) is 63.4 Å². The molecule has 0 aliphatic rings. The molecule has 0 saturated heterocycles. The molecule has 0 saturated carbocycles. The third-order valence-corrected chi connectivity index (χ3v) is 2.96. The molecule has 0 atom stereocenters. The van der Waals surface area contributed by atoms with Crippen LogP contribution in [0.1, 0.15) is 10.4 Å². The number of nitro benzene ring substituents is 1. The van der Waals surface area contributed by atoms with Crippen LogP contribution in [0, 0.1) is 10.1 Å². The zero-order valence-electron chi connectivity index (χ0n) is 10.5. The van der Waals surface area contributed by atoms with Crippen molar-refractivity contribution in [1.82, 2.24) is 4.98 Å². The van der Waals surface area contributed by atoms with Crippen LogP contribution >= 0.6 is 11.6 Å². The van der Waals surface area contributed by atoms with Gasteiger partial charge in [0.05, 0.1) is 16.8 Å². The minimum atomic E-state index is -0.610. The van der Waals surface area contributed by atoms with Crippen molar-refractivity contribution >= 4 is 28.9 Å². The van der Waals surface area contributed by atoms with E-state index < -0.39 is 10.8 Å². The van der Waals surface area contributed by atoms with Crippen LogP contribution < -0.4 is 4.90 Å². The van der Waals surface area contributed by atoms with Crippen molar-refractivity contribution in [1.29, 1.82) is 0 Å². The number of rotatable bonds is 3. The molecule has 0 bridgehead atoms. The molecule has 1 aromatic heterocycles. The summed E-state index contributed by atoms with van der Waals surface area (Å²) in [5.41, 5.74) is 0.191. The maximum Gasteiger partial charge on any atom is 0.282 e. The minimum absolute atomic E-state index is 0.0612. The van der Waals surface area contributed by atoms with Crippen LogP contribution in [-0.2, 0) is 0 Å². The number of hydrogen-bond donors (Lipinski definition) is 0. The van der Waals surface area contributed by atoms with Crippen LogP contribution in [0.5, 0.6) is 0 Å². The van der Waals surface area contributed by atoms with Gasteiger partial charge in [0, 0.05) is 24.3 Å². The van der Waals surface area contributed by atoms with Gasteiger partial charge in [0.15, 0.2) is 0 Å². The highest BCUT2D eigenvalue weighted by Gasteiger charge is 2.24. The Labute approximate surface area is 119 Å². The molecule has 20 heavy (non-hydrogen) atoms. The third kappa shape index (κ3) is 2.75. The summed E-state index contributed by atoms with van der Waals surface area (Å²) in [7, 11) is 1.52. The SMILES string of the molecule is CN(C(=O)c1cc(Cl)ccc1[N+](=O)[O-])c1cccnc1. The van der Waals surface area contributed by atoms with E-state index >= 15 is 0 Å². The summed E-state index contributed by atoms with van der Waals surface area (Å²) in [4.78, 5) is 27.9. The van der Waals surface area contributed by atoms with Crippen molar-refractivity contribution < 1.29 is 9.72 Å². The Morgan fingerprint density at radius 3 is 2.75 bits per heavy atom. The Balaban J connectivity index is 2.43. The molecule has 2 rings (SSSR count). The largest absolute Gasteiger partial charge is 0.310 e. The quantitative estimate of drug-likeness (QED) is 0.643. The molecule has 1 heterocycles. The van der Waals surface area contributed by atoms with Gasteiger partial charge >= 0.3 is 0 Å². The lowest BCUT2D eigenvalue weighted by Crippen LogP contribution is -2.27. The van der Waals surface area contributed by atoms with Crippen LogP contribution in [0.2, 0.25) is 5.02 Å². The first kappa shape index (κ1) is 14.0. The minimum Gasteiger partial charge on any atom is -0.310 e. The average Bonchev–Trinajstić information content (AvgIpc) is 2.46. The van der Waals surface area contributed by atoms with Gasteiger partial charge in [-0.05, 0) is 24.3 Å². The highest BCUT2D eigenvalue weighted by molar-refractivity contribution is 6.31. The van der Waals surface area contributed by atoms with E-state index in [-0.39, 0.29) is 16.3 Å². The van der Waals surface area contributed by atoms with E-state index in [2.05, 4.69) is 4.98 Å². The Morgan fingerprint density at radius 2 is 2.15 bits per heavy atom. The van der Waals surface area contributed by atoms with Crippen molar-refractivity contribution in [3.8, 4) is 0 Å². The average molecular weight is 292 g/mol. The lowest BCUT2D eigenvalue weighted by atomic mass is 10.1. The topological polar surface area (TPSA) is 76.3 Å². The molecule has 1 aromatic carbocycles. The van der Waals surface area contributed by atoms with Crippen LogP contribution in [0.25, 0.3) is 0 Å². The molecule has 1 amide bonds. The molecule has 0 N–H and O–H groups in total. The molecular weight excluding hydrogens is 282 g/mol. The summed E-state index contributed by atoms with van der Waals surface area (Å²) in [6, 6.07) is 7.23. The Bertz CT molecular complexity index is 661. The first-order valence-corrected chi connectivity index (χ1v) is 6.00. The van der Waals surface area contributed by atoms with Crippen molar-refractivity contribution in [2.45, 2.75) is 0 Å². The van der Waals surface area contributed by atoms with Crippen LogP contribution in [0.3, 0.4) is 0 Å². The first-order valence-electron chi connectivity index (χ1n) is 5.62. The van der Waals surface area contributed by atoms with Crippen LogP contribution in [0.4, 0.5) is 11.4 Å². The fraction of sp³-hybridized carbons (Fsp3) is 0.0769. The highest BCUT2D eigenvalue weighted by atomic mass is 35.5. The van der Waals surface area contributed by atoms with E-state index in [0.717, 1.165) is 0 Å². The van der Waals surface area contributed by atoms with Gasteiger partial charge in [0.2, 0.25) is 0 Å². The Morgan fingerprint density at radius 1 is 1.40 bits per heavy atom. The maximum absolute atomic E-state index is 12.4. The Kier molecular flexibility index (Phi) is 3.95. The number of benzene rings is 1. The molecule has 102 valence electrons. The molecule has 7 heteroatoms. The predicted molar refractivity (Wildman–Crippen MR) is 75.1 cm³/mol. The van der Waals surface area contributed by atoms with Gasteiger partial charge in [0.1, 0.15) is 5.56 Å². The lowest BCUT2D eigenvalue weighted by molar-refractivity contribution is -0.385. The fourth-order valence-corrected chi connectivity index (χ4v) is 1.86. The first-order chi connectivity index (χ1) is 9.50. The summed E-state index contributed by atoms with van der Waals surface area (Å²) in [5, 5.41) is 11.2. The number of anilines is 1. The van der Waals surface area contributed by atoms with Crippen molar-refractivity contribution in [2.24, 2.45) is 0 Å². The number of hydrogen-bond acceptors (Lipinski definition) is 4. The van der Waals surface area contributed by atoms with Gasteiger partial charge in [-0.25, -0.2) is 0 Å². The van der Waals surface area contributed by atoms with Gasteiger partial charge in [0.25, 0.3) is 11.6 Å². The third-order valence-electron chi connectivity index (χ3n) is 2.72. The number of pyridine rings is 1. The molecule has 0 fully saturated rings. The van der Waals surface area contributed by atoms with Gasteiger partial charge in [-0.1, -0.05) is 11.6 Å². The number of nitrogens with zero attached hydrogens (tertiary/aromatic N) is 3. The van der Waals surface area contributed by atoms with E-state index in [1.54, 1.807) is 18.3 Å². The number of nitro groups is 1. The van der Waals surface area contributed by atoms with Crippen LogP contribution in [-0.4, -0.2) is 22.9 Å². The summed E-state index contributed by atoms with van der Waals surface area (Å²) in [6.07, 6.45) is 3.07.